The predicted molar refractivity (Wildman–Crippen MR) is 59.2 cm³/mol. The van der Waals surface area contributed by atoms with Crippen molar-refractivity contribution in [3.63, 3.8) is 0 Å². The van der Waals surface area contributed by atoms with Gasteiger partial charge in [0.1, 0.15) is 11.6 Å². The molecule has 0 aliphatic heterocycles. The lowest BCUT2D eigenvalue weighted by Crippen LogP contribution is -2.02. The predicted octanol–water partition coefficient (Wildman–Crippen LogP) is 1.32. The van der Waals surface area contributed by atoms with Crippen LogP contribution in [-0.4, -0.2) is 14.8 Å². The lowest BCUT2D eigenvalue weighted by Gasteiger charge is -2.02. The second-order valence-corrected chi connectivity index (χ2v) is 3.60. The first-order valence-corrected chi connectivity index (χ1v) is 5.05. The van der Waals surface area contributed by atoms with Crippen molar-refractivity contribution >= 4 is 5.95 Å². The van der Waals surface area contributed by atoms with Crippen molar-refractivity contribution in [3.05, 3.63) is 41.5 Å². The molecule has 0 aliphatic carbocycles. The summed E-state index contributed by atoms with van der Waals surface area (Å²) in [5.41, 5.74) is 6.15. The van der Waals surface area contributed by atoms with E-state index in [9.17, 15) is 4.39 Å². The second-order valence-electron chi connectivity index (χ2n) is 3.60. The van der Waals surface area contributed by atoms with Crippen LogP contribution in [0.25, 0.3) is 0 Å². The average molecular weight is 220 g/mol. The minimum atomic E-state index is -0.183. The molecule has 0 saturated heterocycles. The molecule has 1 aromatic carbocycles. The van der Waals surface area contributed by atoms with E-state index in [1.54, 1.807) is 23.9 Å². The number of hydrogen-bond donors (Lipinski definition) is 1. The van der Waals surface area contributed by atoms with Crippen LogP contribution in [0, 0.1) is 5.82 Å². The van der Waals surface area contributed by atoms with Crippen molar-refractivity contribution in [1.29, 1.82) is 0 Å². The van der Waals surface area contributed by atoms with Gasteiger partial charge in [0.2, 0.25) is 5.95 Å². The second kappa shape index (κ2) is 4.30. The Balaban J connectivity index is 2.08. The van der Waals surface area contributed by atoms with E-state index < -0.39 is 0 Å². The van der Waals surface area contributed by atoms with E-state index in [0.717, 1.165) is 5.82 Å². The number of nitrogen functional groups attached to an aromatic ring is 1. The molecule has 0 saturated carbocycles. The summed E-state index contributed by atoms with van der Waals surface area (Å²) >= 11 is 0. The third-order valence-electron chi connectivity index (χ3n) is 2.45. The third-order valence-corrected chi connectivity index (χ3v) is 2.45. The SMILES string of the molecule is Cn1nc(N)nc1CCc1ccccc1F. The smallest absolute Gasteiger partial charge is 0.239 e. The zero-order valence-electron chi connectivity index (χ0n) is 9.02. The van der Waals surface area contributed by atoms with Crippen LogP contribution in [0.5, 0.6) is 0 Å². The molecule has 1 aromatic heterocycles. The molecule has 2 aromatic rings. The first-order chi connectivity index (χ1) is 7.66. The fourth-order valence-corrected chi connectivity index (χ4v) is 1.60. The Bertz CT molecular complexity index is 492. The van der Waals surface area contributed by atoms with Crippen LogP contribution in [0.15, 0.2) is 24.3 Å². The van der Waals surface area contributed by atoms with Gasteiger partial charge in [-0.05, 0) is 18.1 Å². The lowest BCUT2D eigenvalue weighted by atomic mass is 10.1. The molecule has 0 bridgehead atoms. The summed E-state index contributed by atoms with van der Waals surface area (Å²) in [5, 5.41) is 3.94. The number of aryl methyl sites for hydroxylation is 3. The molecule has 0 radical (unpaired) electrons. The molecule has 0 unspecified atom stereocenters. The Morgan fingerprint density at radius 1 is 1.31 bits per heavy atom. The van der Waals surface area contributed by atoms with Crippen molar-refractivity contribution in [2.75, 3.05) is 5.73 Å². The van der Waals surface area contributed by atoms with E-state index in [1.807, 2.05) is 6.07 Å². The van der Waals surface area contributed by atoms with Gasteiger partial charge in [0.15, 0.2) is 0 Å². The van der Waals surface area contributed by atoms with Gasteiger partial charge in [-0.1, -0.05) is 18.2 Å². The third kappa shape index (κ3) is 2.18. The maximum atomic E-state index is 13.3. The van der Waals surface area contributed by atoms with E-state index in [1.165, 1.54) is 6.07 Å². The monoisotopic (exact) mass is 220 g/mol. The highest BCUT2D eigenvalue weighted by molar-refractivity contribution is 5.19. The highest BCUT2D eigenvalue weighted by Crippen LogP contribution is 2.10. The zero-order chi connectivity index (χ0) is 11.5. The Hall–Kier alpha value is -1.91. The van der Waals surface area contributed by atoms with Gasteiger partial charge in [0, 0.05) is 13.5 Å². The van der Waals surface area contributed by atoms with Crippen molar-refractivity contribution in [1.82, 2.24) is 14.8 Å². The van der Waals surface area contributed by atoms with Crippen LogP contribution in [0.1, 0.15) is 11.4 Å². The van der Waals surface area contributed by atoms with Crippen LogP contribution in [-0.2, 0) is 19.9 Å². The maximum absolute atomic E-state index is 13.3. The van der Waals surface area contributed by atoms with E-state index in [-0.39, 0.29) is 11.8 Å². The number of hydrogen-bond acceptors (Lipinski definition) is 3. The highest BCUT2D eigenvalue weighted by Gasteiger charge is 2.06. The van der Waals surface area contributed by atoms with Gasteiger partial charge in [-0.15, -0.1) is 5.10 Å². The van der Waals surface area contributed by atoms with Gasteiger partial charge in [0.05, 0.1) is 0 Å². The van der Waals surface area contributed by atoms with E-state index in [0.29, 0.717) is 18.4 Å². The zero-order valence-corrected chi connectivity index (χ0v) is 9.02. The molecular weight excluding hydrogens is 207 g/mol. The van der Waals surface area contributed by atoms with Crippen molar-refractivity contribution in [2.45, 2.75) is 12.8 Å². The Labute approximate surface area is 92.9 Å². The van der Waals surface area contributed by atoms with E-state index in [2.05, 4.69) is 10.1 Å². The molecule has 84 valence electrons. The van der Waals surface area contributed by atoms with E-state index in [4.69, 9.17) is 5.73 Å². The van der Waals surface area contributed by atoms with Crippen LogP contribution >= 0.6 is 0 Å². The van der Waals surface area contributed by atoms with Gasteiger partial charge < -0.3 is 5.73 Å². The molecule has 2 rings (SSSR count). The number of nitrogens with two attached hydrogens (primary N) is 1. The summed E-state index contributed by atoms with van der Waals surface area (Å²) in [4.78, 5) is 4.06. The largest absolute Gasteiger partial charge is 0.366 e. The number of aromatic nitrogens is 3. The first kappa shape index (κ1) is 10.6. The summed E-state index contributed by atoms with van der Waals surface area (Å²) in [6, 6.07) is 6.73. The molecule has 2 N–H and O–H groups in total. The van der Waals surface area contributed by atoms with Gasteiger partial charge >= 0.3 is 0 Å². The van der Waals surface area contributed by atoms with Crippen LogP contribution in [0.2, 0.25) is 0 Å². The minimum Gasteiger partial charge on any atom is -0.366 e. The molecule has 5 heteroatoms. The standard InChI is InChI=1S/C11H13FN4/c1-16-10(14-11(13)15-16)7-6-8-4-2-3-5-9(8)12/h2-5H,6-7H2,1H3,(H2,13,15). The summed E-state index contributed by atoms with van der Waals surface area (Å²) in [5.74, 6) is 0.837. The fraction of sp³-hybridized carbons (Fsp3) is 0.273. The number of nitrogens with zero attached hydrogens (tertiary/aromatic N) is 3. The molecule has 0 amide bonds. The number of halogens is 1. The Kier molecular flexibility index (Phi) is 2.85. The molecule has 0 fully saturated rings. The van der Waals surface area contributed by atoms with Crippen molar-refractivity contribution in [2.24, 2.45) is 7.05 Å². The lowest BCUT2D eigenvalue weighted by molar-refractivity contribution is 0.603. The topological polar surface area (TPSA) is 56.7 Å². The van der Waals surface area contributed by atoms with Gasteiger partial charge in [-0.25, -0.2) is 4.39 Å². The van der Waals surface area contributed by atoms with Crippen LogP contribution < -0.4 is 5.73 Å². The minimum absolute atomic E-state index is 0.183. The average Bonchev–Trinajstić information content (AvgIpc) is 2.56. The number of rotatable bonds is 3. The quantitative estimate of drug-likeness (QED) is 0.848. The summed E-state index contributed by atoms with van der Waals surface area (Å²) < 4.78 is 15.0. The molecule has 16 heavy (non-hydrogen) atoms. The Morgan fingerprint density at radius 3 is 2.69 bits per heavy atom. The van der Waals surface area contributed by atoms with Crippen LogP contribution in [0.4, 0.5) is 10.3 Å². The maximum Gasteiger partial charge on any atom is 0.239 e. The highest BCUT2D eigenvalue weighted by atomic mass is 19.1. The van der Waals surface area contributed by atoms with Gasteiger partial charge in [-0.2, -0.15) is 4.98 Å². The van der Waals surface area contributed by atoms with Gasteiger partial charge in [-0.3, -0.25) is 4.68 Å². The van der Waals surface area contributed by atoms with Crippen molar-refractivity contribution in [3.8, 4) is 0 Å². The molecule has 1 heterocycles. The summed E-state index contributed by atoms with van der Waals surface area (Å²) in [6.07, 6.45) is 1.22. The van der Waals surface area contributed by atoms with Crippen molar-refractivity contribution < 1.29 is 4.39 Å². The Morgan fingerprint density at radius 2 is 2.06 bits per heavy atom. The molecule has 0 atom stereocenters. The normalized spacial score (nSPS) is 10.6. The van der Waals surface area contributed by atoms with Gasteiger partial charge in [0.25, 0.3) is 0 Å². The summed E-state index contributed by atoms with van der Waals surface area (Å²) in [6.45, 7) is 0. The first-order valence-electron chi connectivity index (χ1n) is 5.05. The molecular formula is C11H13FN4. The fourth-order valence-electron chi connectivity index (χ4n) is 1.60. The van der Waals surface area contributed by atoms with Crippen LogP contribution in [0.3, 0.4) is 0 Å². The molecule has 0 spiro atoms. The number of benzene rings is 1. The number of anilines is 1. The van der Waals surface area contributed by atoms with E-state index >= 15 is 0 Å². The molecule has 0 aliphatic rings. The molecule has 4 nitrogen and oxygen atoms in total. The summed E-state index contributed by atoms with van der Waals surface area (Å²) in [7, 11) is 1.78.